The summed E-state index contributed by atoms with van der Waals surface area (Å²) in [4.78, 5) is 24.9. The topological polar surface area (TPSA) is 86.3 Å². The van der Waals surface area contributed by atoms with Gasteiger partial charge in [0.25, 0.3) is 5.56 Å². The molecule has 34 heavy (non-hydrogen) atoms. The number of hydrogen-bond acceptors (Lipinski definition) is 4. The summed E-state index contributed by atoms with van der Waals surface area (Å²) in [6, 6.07) is 17.0. The lowest BCUT2D eigenvalue weighted by Gasteiger charge is -2.16. The first-order valence-corrected chi connectivity index (χ1v) is 10.7. The number of anilines is 1. The lowest BCUT2D eigenvalue weighted by Crippen LogP contribution is -2.16. The van der Waals surface area contributed by atoms with Crippen LogP contribution in [0.15, 0.2) is 83.8 Å². The van der Waals surface area contributed by atoms with Crippen molar-refractivity contribution >= 4 is 22.4 Å². The van der Waals surface area contributed by atoms with Crippen LogP contribution in [0.5, 0.6) is 11.5 Å². The number of nitrogens with one attached hydrogen (secondary N) is 1. The lowest BCUT2D eigenvalue weighted by molar-refractivity contribution is -0.111. The summed E-state index contributed by atoms with van der Waals surface area (Å²) in [5, 5.41) is 4.04. The van der Waals surface area contributed by atoms with Gasteiger partial charge in [0.2, 0.25) is 5.91 Å². The Morgan fingerprint density at radius 3 is 2.53 bits per heavy atom. The number of aryl methyl sites for hydroxylation is 2. The molecule has 0 fully saturated rings. The second kappa shape index (κ2) is 9.72. The second-order valence-electron chi connectivity index (χ2n) is 7.88. The maximum atomic E-state index is 14.6. The number of halogens is 1. The third-order valence-corrected chi connectivity index (χ3v) is 5.34. The van der Waals surface area contributed by atoms with Gasteiger partial charge in [0.1, 0.15) is 5.75 Å². The van der Waals surface area contributed by atoms with Gasteiger partial charge in [0, 0.05) is 48.1 Å². The van der Waals surface area contributed by atoms with Crippen molar-refractivity contribution in [3.05, 3.63) is 101 Å². The van der Waals surface area contributed by atoms with Gasteiger partial charge >= 0.3 is 0 Å². The van der Waals surface area contributed by atoms with E-state index in [4.69, 9.17) is 10.5 Å². The molecule has 3 aromatic carbocycles. The monoisotopic (exact) mass is 457 g/mol. The van der Waals surface area contributed by atoms with Gasteiger partial charge < -0.3 is 20.4 Å². The molecule has 0 atom stereocenters. The minimum Gasteiger partial charge on any atom is -0.454 e. The number of rotatable bonds is 6. The van der Waals surface area contributed by atoms with Crippen LogP contribution in [0.1, 0.15) is 5.56 Å². The van der Waals surface area contributed by atoms with E-state index in [1.165, 1.54) is 16.7 Å². The molecule has 0 radical (unpaired) electrons. The highest BCUT2D eigenvalue weighted by Crippen LogP contribution is 2.39. The van der Waals surface area contributed by atoms with E-state index < -0.39 is 5.82 Å². The van der Waals surface area contributed by atoms with Crippen molar-refractivity contribution in [1.82, 2.24) is 4.57 Å². The van der Waals surface area contributed by atoms with Crippen LogP contribution in [0.2, 0.25) is 0 Å². The van der Waals surface area contributed by atoms with E-state index in [0.29, 0.717) is 33.3 Å². The fourth-order valence-electron chi connectivity index (χ4n) is 3.70. The van der Waals surface area contributed by atoms with Gasteiger partial charge in [0.05, 0.1) is 0 Å². The molecule has 0 saturated carbocycles. The molecule has 0 bridgehead atoms. The third kappa shape index (κ3) is 4.74. The Morgan fingerprint density at radius 2 is 1.79 bits per heavy atom. The molecule has 1 heterocycles. The molecule has 0 aliphatic carbocycles. The molecule has 172 valence electrons. The average Bonchev–Trinajstić information content (AvgIpc) is 2.82. The summed E-state index contributed by atoms with van der Waals surface area (Å²) in [5.41, 5.74) is 7.86. The van der Waals surface area contributed by atoms with E-state index in [1.54, 1.807) is 68.7 Å². The van der Waals surface area contributed by atoms with Crippen LogP contribution in [0, 0.1) is 12.7 Å². The Hall–Kier alpha value is -4.23. The summed E-state index contributed by atoms with van der Waals surface area (Å²) < 4.78 is 22.0. The Balaban J connectivity index is 1.89. The van der Waals surface area contributed by atoms with Crippen LogP contribution in [0.3, 0.4) is 0 Å². The number of pyridine rings is 1. The fraction of sp³-hybridized carbons (Fsp3) is 0.111. The molecule has 0 spiro atoms. The van der Waals surface area contributed by atoms with Crippen molar-refractivity contribution in [2.24, 2.45) is 12.8 Å². The van der Waals surface area contributed by atoms with E-state index in [9.17, 15) is 14.0 Å². The summed E-state index contributed by atoms with van der Waals surface area (Å²) in [7, 11) is 1.67. The normalized spacial score (nSPS) is 11.2. The number of benzene rings is 3. The minimum absolute atomic E-state index is 0.0728. The van der Waals surface area contributed by atoms with E-state index in [1.807, 2.05) is 12.1 Å². The minimum atomic E-state index is -0.486. The highest BCUT2D eigenvalue weighted by Gasteiger charge is 2.16. The maximum absolute atomic E-state index is 14.6. The van der Waals surface area contributed by atoms with Crippen LogP contribution in [0.25, 0.3) is 21.9 Å². The maximum Gasteiger partial charge on any atom is 0.258 e. The molecule has 4 rings (SSSR count). The van der Waals surface area contributed by atoms with Gasteiger partial charge in [0.15, 0.2) is 11.6 Å². The Bertz CT molecular complexity index is 1470. The number of ether oxygens (including phenoxy) is 1. The number of hydrogen-bond donors (Lipinski definition) is 2. The van der Waals surface area contributed by atoms with Crippen molar-refractivity contribution < 1.29 is 13.9 Å². The van der Waals surface area contributed by atoms with Crippen molar-refractivity contribution in [3.63, 3.8) is 0 Å². The zero-order valence-electron chi connectivity index (χ0n) is 18.8. The van der Waals surface area contributed by atoms with Crippen LogP contribution in [-0.2, 0) is 11.8 Å². The predicted octanol–water partition coefficient (Wildman–Crippen LogP) is 4.90. The van der Waals surface area contributed by atoms with Gasteiger partial charge in [-0.1, -0.05) is 30.3 Å². The first-order chi connectivity index (χ1) is 16.4. The molecule has 1 aromatic heterocycles. The van der Waals surface area contributed by atoms with E-state index in [2.05, 4.69) is 5.32 Å². The van der Waals surface area contributed by atoms with Crippen molar-refractivity contribution in [2.75, 3.05) is 11.9 Å². The highest BCUT2D eigenvalue weighted by molar-refractivity contribution is 6.01. The van der Waals surface area contributed by atoms with Crippen LogP contribution >= 0.6 is 0 Å². The number of fused-ring (bicyclic) bond motifs is 1. The number of carbonyl (C=O) groups excluding carboxylic acids is 1. The molecule has 0 unspecified atom stereocenters. The van der Waals surface area contributed by atoms with Gasteiger partial charge in [-0.15, -0.1) is 0 Å². The Labute approximate surface area is 196 Å². The van der Waals surface area contributed by atoms with Gasteiger partial charge in [-0.25, -0.2) is 4.39 Å². The standard InChI is InChI=1S/C27H24FN3O3/c1-17-9-11-25(23(28)14-17)34-24-12-10-18(30-26(32)8-5-13-29)15-21(24)22-16-31(2)27(33)20-7-4-3-6-19(20)22/h3-12,14-16H,13,29H2,1-2H3,(H,30,32)/b8-5+. The summed E-state index contributed by atoms with van der Waals surface area (Å²) >= 11 is 0. The van der Waals surface area contributed by atoms with E-state index in [0.717, 1.165) is 5.56 Å². The third-order valence-electron chi connectivity index (χ3n) is 5.34. The average molecular weight is 458 g/mol. The molecule has 4 aromatic rings. The molecular formula is C27H24FN3O3. The summed E-state index contributed by atoms with van der Waals surface area (Å²) in [6.45, 7) is 2.04. The molecule has 3 N–H and O–H groups in total. The van der Waals surface area contributed by atoms with Gasteiger partial charge in [-0.05, 0) is 54.3 Å². The van der Waals surface area contributed by atoms with Crippen LogP contribution < -0.4 is 21.3 Å². The summed E-state index contributed by atoms with van der Waals surface area (Å²) in [5.74, 6) is -0.369. The molecule has 0 aliphatic heterocycles. The van der Waals surface area contributed by atoms with Gasteiger partial charge in [-0.3, -0.25) is 9.59 Å². The zero-order chi connectivity index (χ0) is 24.2. The lowest BCUT2D eigenvalue weighted by atomic mass is 9.99. The zero-order valence-corrected chi connectivity index (χ0v) is 18.8. The number of carbonyl (C=O) groups is 1. The molecule has 0 aliphatic rings. The molecule has 0 saturated heterocycles. The number of nitrogens with two attached hydrogens (primary N) is 1. The van der Waals surface area contributed by atoms with Crippen LogP contribution in [-0.4, -0.2) is 17.0 Å². The summed E-state index contributed by atoms with van der Waals surface area (Å²) in [6.07, 6.45) is 4.61. The van der Waals surface area contributed by atoms with Crippen molar-refractivity contribution in [1.29, 1.82) is 0 Å². The van der Waals surface area contributed by atoms with E-state index in [-0.39, 0.29) is 23.8 Å². The SMILES string of the molecule is Cc1ccc(Oc2ccc(NC(=O)/C=C/CN)cc2-c2cn(C)c(=O)c3ccccc23)c(F)c1. The Kier molecular flexibility index (Phi) is 6.56. The number of aromatic nitrogens is 1. The number of nitrogens with zero attached hydrogens (tertiary/aromatic N) is 1. The second-order valence-corrected chi connectivity index (χ2v) is 7.88. The fourth-order valence-corrected chi connectivity index (χ4v) is 3.70. The van der Waals surface area contributed by atoms with Crippen LogP contribution in [0.4, 0.5) is 10.1 Å². The first-order valence-electron chi connectivity index (χ1n) is 10.7. The smallest absolute Gasteiger partial charge is 0.258 e. The molecule has 6 nitrogen and oxygen atoms in total. The van der Waals surface area contributed by atoms with Gasteiger partial charge in [-0.2, -0.15) is 0 Å². The first kappa shape index (κ1) is 22.9. The largest absolute Gasteiger partial charge is 0.454 e. The molecular weight excluding hydrogens is 433 g/mol. The molecule has 1 amide bonds. The predicted molar refractivity (Wildman–Crippen MR) is 133 cm³/mol. The molecule has 7 heteroatoms. The Morgan fingerprint density at radius 1 is 1.06 bits per heavy atom. The highest BCUT2D eigenvalue weighted by atomic mass is 19.1. The quantitative estimate of drug-likeness (QED) is 0.403. The van der Waals surface area contributed by atoms with Crippen molar-refractivity contribution in [2.45, 2.75) is 6.92 Å². The van der Waals surface area contributed by atoms with E-state index >= 15 is 0 Å². The number of amides is 1. The van der Waals surface area contributed by atoms with Crippen molar-refractivity contribution in [3.8, 4) is 22.6 Å².